The summed E-state index contributed by atoms with van der Waals surface area (Å²) in [7, 11) is 3.76. The second kappa shape index (κ2) is 26.2. The molecule has 0 radical (unpaired) electrons. The minimum atomic E-state index is -3.89. The fourth-order valence-electron chi connectivity index (χ4n) is 7.34. The second-order valence-corrected chi connectivity index (χ2v) is 35.4. The predicted octanol–water partition coefficient (Wildman–Crippen LogP) is 6.79. The van der Waals surface area contributed by atoms with Crippen molar-refractivity contribution in [2.24, 2.45) is 14.1 Å². The molecule has 0 bridgehead atoms. The number of likely N-dealkylation sites (N-methyl/N-ethyl adjacent to an activating group) is 1. The zero-order valence-corrected chi connectivity index (χ0v) is 50.7. The van der Waals surface area contributed by atoms with Gasteiger partial charge in [-0.3, -0.25) is 9.36 Å². The molecule has 65 heavy (non-hydrogen) atoms. The first-order valence-corrected chi connectivity index (χ1v) is 43.1. The molecule has 0 saturated carbocycles. The van der Waals surface area contributed by atoms with Gasteiger partial charge in [-0.05, 0) is 84.0 Å². The number of ether oxygens (including phenoxy) is 2. The van der Waals surface area contributed by atoms with E-state index in [1.54, 1.807) is 33.3 Å². The van der Waals surface area contributed by atoms with Gasteiger partial charge in [0.15, 0.2) is 11.6 Å². The molecule has 0 aliphatic carbocycles. The van der Waals surface area contributed by atoms with Crippen molar-refractivity contribution < 1.29 is 39.6 Å². The molecule has 1 aliphatic rings. The van der Waals surface area contributed by atoms with Crippen molar-refractivity contribution in [3.8, 4) is 34.3 Å². The molecule has 1 saturated heterocycles. The van der Waals surface area contributed by atoms with Crippen LogP contribution in [0.3, 0.4) is 0 Å². The Bertz CT molecular complexity index is 2790. The van der Waals surface area contributed by atoms with E-state index in [0.717, 1.165) is 70.5 Å². The van der Waals surface area contributed by atoms with E-state index < -0.39 is 19.1 Å². The minimum absolute atomic E-state index is 0.0241. The number of aryl methyl sites for hydroxylation is 6. The second-order valence-electron chi connectivity index (χ2n) is 14.7. The Hall–Kier alpha value is -1.10. The number of hydrogen-bond acceptors (Lipinski definition) is 13. The summed E-state index contributed by atoms with van der Waals surface area (Å²) < 4.78 is 67.0. The van der Waals surface area contributed by atoms with Crippen LogP contribution in [0.25, 0.3) is 44.8 Å². The Balaban J connectivity index is 0.000000263. The van der Waals surface area contributed by atoms with Crippen molar-refractivity contribution in [2.45, 2.75) is 77.0 Å². The van der Waals surface area contributed by atoms with Crippen LogP contribution in [-0.2, 0) is 46.0 Å². The number of sulfonamides is 1. The van der Waals surface area contributed by atoms with Gasteiger partial charge in [0.25, 0.3) is 9.05 Å². The van der Waals surface area contributed by atoms with Crippen LogP contribution in [0.15, 0.2) is 46.2 Å². The number of piperazine rings is 1. The molecule has 358 valence electrons. The van der Waals surface area contributed by atoms with Crippen molar-refractivity contribution >= 4 is 126 Å². The number of hydrogen-bond donors (Lipinski definition) is 0. The summed E-state index contributed by atoms with van der Waals surface area (Å²) in [6, 6.07) is 9.40. The van der Waals surface area contributed by atoms with E-state index in [2.05, 4.69) is 108 Å². The summed E-state index contributed by atoms with van der Waals surface area (Å²) >= 11 is 9.54. The number of halogens is 6. The van der Waals surface area contributed by atoms with E-state index in [9.17, 15) is 16.8 Å². The molecule has 1 fully saturated rings. The molecule has 5 heterocycles. The van der Waals surface area contributed by atoms with Crippen LogP contribution in [0, 0.1) is 13.8 Å². The molecule has 0 unspecified atom stereocenters. The first-order chi connectivity index (χ1) is 30.9. The Morgan fingerprint density at radius 1 is 0.662 bits per heavy atom. The molecule has 0 spiro atoms. The van der Waals surface area contributed by atoms with Crippen molar-refractivity contribution in [2.75, 3.05) is 46.4 Å². The molecule has 0 atom stereocenters. The molecular weight excluding hydrogens is 1460 g/mol. The van der Waals surface area contributed by atoms with Gasteiger partial charge in [0.1, 0.15) is 33.6 Å². The summed E-state index contributed by atoms with van der Waals surface area (Å²) in [6.07, 6.45) is 3.49. The Kier molecular flexibility index (Phi) is 22.8. The molecular formula is C41H53ClI5N10O6S2-. The van der Waals surface area contributed by atoms with Gasteiger partial charge in [0.2, 0.25) is 10.0 Å². The molecule has 4 aromatic heterocycles. The standard InChI is InChI=1S/C23H32N6O3S.C18H21ClN4O3S.I3.I2/c1-6-8-19-21-22(28(5)26-19)16(3)24-23(25-21)18-15-17(9-10-20(18)32-7-2)33(30,31)29-13-11-27(4)12-14-29;1-5-7-14-16-17(23(4)22-14)11(3)20-18(21-16)13-10-12(27(19,24)25)8-9-15(13)26-6-2;1-3-2;1-2/h9-10,15H,6-8,11-14H2,1-5H3;8-10H,5-7H2,1-4H3;;/q;;-1;. The molecule has 24 heteroatoms. The fraction of sp³-hybridized carbons (Fsp3) is 0.463. The van der Waals surface area contributed by atoms with Crippen LogP contribution in [0.1, 0.15) is 63.3 Å². The molecule has 1 aliphatic heterocycles. The quantitative estimate of drug-likeness (QED) is 0.0873. The summed E-state index contributed by atoms with van der Waals surface area (Å²) in [5, 5.41) is 9.19. The summed E-state index contributed by atoms with van der Waals surface area (Å²) in [6.45, 7) is 15.0. The summed E-state index contributed by atoms with van der Waals surface area (Å²) in [4.78, 5) is 21.2. The molecule has 0 N–H and O–H groups in total. The first kappa shape index (κ1) is 56.5. The van der Waals surface area contributed by atoms with E-state index in [1.807, 2.05) is 53.5 Å². The predicted molar refractivity (Wildman–Crippen MR) is 289 cm³/mol. The zero-order valence-electron chi connectivity index (χ0n) is 37.5. The van der Waals surface area contributed by atoms with Gasteiger partial charge < -0.3 is 14.4 Å². The Morgan fingerprint density at radius 2 is 1.06 bits per heavy atom. The first-order valence-electron chi connectivity index (χ1n) is 20.5. The number of fused-ring (bicyclic) bond motifs is 2. The van der Waals surface area contributed by atoms with Crippen molar-refractivity contribution in [3.05, 3.63) is 59.2 Å². The van der Waals surface area contributed by atoms with Gasteiger partial charge in [-0.2, -0.15) is 14.5 Å². The number of aromatic nitrogens is 8. The fourth-order valence-corrected chi connectivity index (χ4v) is 9.57. The van der Waals surface area contributed by atoms with Crippen LogP contribution in [-0.4, -0.2) is 112 Å². The van der Waals surface area contributed by atoms with Gasteiger partial charge >= 0.3 is 50.5 Å². The molecule has 7 rings (SSSR count). The monoisotopic (exact) mass is 1510 g/mol. The number of nitrogens with zero attached hydrogens (tertiary/aromatic N) is 10. The number of benzene rings is 2. The normalized spacial score (nSPS) is 13.4. The van der Waals surface area contributed by atoms with Crippen molar-refractivity contribution in [1.29, 1.82) is 0 Å². The Morgan fingerprint density at radius 3 is 1.45 bits per heavy atom. The van der Waals surface area contributed by atoms with Crippen LogP contribution < -0.4 is 22.7 Å². The molecule has 16 nitrogen and oxygen atoms in total. The topological polar surface area (TPSA) is 180 Å². The van der Waals surface area contributed by atoms with Gasteiger partial charge in [-0.25, -0.2) is 36.8 Å². The van der Waals surface area contributed by atoms with Crippen molar-refractivity contribution in [3.63, 3.8) is 0 Å². The maximum atomic E-state index is 13.4. The van der Waals surface area contributed by atoms with Crippen LogP contribution >= 0.6 is 85.1 Å². The third-order valence-corrected chi connectivity index (χ3v) is 13.4. The van der Waals surface area contributed by atoms with E-state index in [1.165, 1.54) is 12.1 Å². The average Bonchev–Trinajstić information content (AvgIpc) is 3.77. The van der Waals surface area contributed by atoms with E-state index >= 15 is 0 Å². The molecule has 6 aromatic rings. The van der Waals surface area contributed by atoms with E-state index in [-0.39, 0.29) is 9.79 Å². The van der Waals surface area contributed by atoms with Crippen molar-refractivity contribution in [1.82, 2.24) is 48.7 Å². The Labute approximate surface area is 439 Å². The summed E-state index contributed by atoms with van der Waals surface area (Å²) in [5.41, 5.74) is 7.73. The van der Waals surface area contributed by atoms with Crippen LogP contribution in [0.4, 0.5) is 0 Å². The van der Waals surface area contributed by atoms with Gasteiger partial charge in [-0.1, -0.05) is 26.7 Å². The molecule has 0 amide bonds. The van der Waals surface area contributed by atoms with Crippen LogP contribution in [0.2, 0.25) is 0 Å². The average molecular weight is 1520 g/mol. The third-order valence-electron chi connectivity index (χ3n) is 10.2. The zero-order chi connectivity index (χ0) is 48.2. The van der Waals surface area contributed by atoms with Gasteiger partial charge in [-0.15, -0.1) is 0 Å². The van der Waals surface area contributed by atoms with E-state index in [4.69, 9.17) is 35.1 Å². The molecule has 2 aromatic carbocycles. The summed E-state index contributed by atoms with van der Waals surface area (Å²) in [5.74, 6) is 1.90. The van der Waals surface area contributed by atoms with E-state index in [0.29, 0.717) is 86.9 Å². The SMILES string of the molecule is CCCc1nn(C)c2c(C)nc(-c3cc(S(=O)(=O)Cl)ccc3OCC)nc12.CCCc1nn(C)c2c(C)nc(-c3cc(S(=O)(=O)N4CCN(C)CC4)ccc3OCC)nc12.II.I[I-]I. The van der Waals surface area contributed by atoms with Crippen LogP contribution in [0.5, 0.6) is 11.5 Å². The van der Waals surface area contributed by atoms with Gasteiger partial charge in [0, 0.05) is 88.2 Å². The number of rotatable bonds is 13. The maximum absolute atomic E-state index is 13.4. The van der Waals surface area contributed by atoms with Gasteiger partial charge in [0.05, 0.1) is 56.9 Å². The third kappa shape index (κ3) is 14.0.